The summed E-state index contributed by atoms with van der Waals surface area (Å²) in [5.74, 6) is -0.623. The van der Waals surface area contributed by atoms with Gasteiger partial charge in [-0.3, -0.25) is 9.59 Å². The smallest absolute Gasteiger partial charge is 0.308 e. The van der Waals surface area contributed by atoms with Crippen LogP contribution >= 0.6 is 11.6 Å². The van der Waals surface area contributed by atoms with E-state index in [1.54, 1.807) is 30.3 Å². The fraction of sp³-hybridized carbons (Fsp3) is 0.350. The molecule has 1 aliphatic rings. The number of hydrogen-bond acceptors (Lipinski definition) is 6. The normalized spacial score (nSPS) is 18.8. The van der Waals surface area contributed by atoms with E-state index in [0.29, 0.717) is 36.9 Å². The summed E-state index contributed by atoms with van der Waals surface area (Å²) in [6.45, 7) is 0. The van der Waals surface area contributed by atoms with Crippen molar-refractivity contribution in [2.75, 3.05) is 7.11 Å². The Labute approximate surface area is 167 Å². The highest BCUT2D eigenvalue weighted by Gasteiger charge is 2.28. The number of nitrogens with zero attached hydrogens (tertiary/aromatic N) is 3. The van der Waals surface area contributed by atoms with Gasteiger partial charge in [-0.05, 0) is 43.9 Å². The molecule has 0 saturated heterocycles. The molecular formula is C20H19ClN4O3. The molecule has 8 heteroatoms. The molecule has 0 aliphatic heterocycles. The topological polar surface area (TPSA) is 105 Å². The predicted octanol–water partition coefficient (Wildman–Crippen LogP) is 3.13. The van der Waals surface area contributed by atoms with Crippen LogP contribution in [0.4, 0.5) is 0 Å². The number of amides is 1. The van der Waals surface area contributed by atoms with Crippen LogP contribution in [-0.2, 0) is 9.53 Å². The van der Waals surface area contributed by atoms with Crippen molar-refractivity contribution in [2.45, 2.75) is 31.7 Å². The van der Waals surface area contributed by atoms with E-state index in [4.69, 9.17) is 21.6 Å². The van der Waals surface area contributed by atoms with E-state index in [0.717, 1.165) is 5.56 Å². The molecule has 1 aromatic heterocycles. The Morgan fingerprint density at radius 2 is 1.86 bits per heavy atom. The second kappa shape index (κ2) is 8.81. The first kappa shape index (κ1) is 19.8. The average molecular weight is 399 g/mol. The summed E-state index contributed by atoms with van der Waals surface area (Å²) in [6.07, 6.45) is 2.75. The number of nitrogens with one attached hydrogen (secondary N) is 1. The Morgan fingerprint density at radius 1 is 1.18 bits per heavy atom. The maximum atomic E-state index is 12.7. The summed E-state index contributed by atoms with van der Waals surface area (Å²) < 4.78 is 4.78. The number of carbonyl (C=O) groups excluding carboxylic acids is 2. The monoisotopic (exact) mass is 398 g/mol. The summed E-state index contributed by atoms with van der Waals surface area (Å²) in [7, 11) is 1.39. The number of ether oxygens (including phenoxy) is 1. The third-order valence-electron chi connectivity index (χ3n) is 4.90. The van der Waals surface area contributed by atoms with E-state index < -0.39 is 0 Å². The van der Waals surface area contributed by atoms with E-state index in [9.17, 15) is 9.59 Å². The van der Waals surface area contributed by atoms with Crippen molar-refractivity contribution in [2.24, 2.45) is 5.92 Å². The molecule has 1 N–H and O–H groups in total. The molecular weight excluding hydrogens is 380 g/mol. The fourth-order valence-electron chi connectivity index (χ4n) is 3.30. The predicted molar refractivity (Wildman–Crippen MR) is 102 cm³/mol. The fourth-order valence-corrected chi connectivity index (χ4v) is 3.47. The lowest BCUT2D eigenvalue weighted by Crippen LogP contribution is -2.39. The number of carbonyl (C=O) groups is 2. The first-order chi connectivity index (χ1) is 13.5. The minimum absolute atomic E-state index is 0.0261. The number of hydrogen-bond donors (Lipinski definition) is 1. The molecule has 1 heterocycles. The number of halogens is 1. The molecule has 28 heavy (non-hydrogen) atoms. The SMILES string of the molecule is COC(=O)[C@H]1CC[C@H](NC(=O)c2cc(-c3ccc(C#N)cc3)nnc2Cl)CC1. The zero-order valence-corrected chi connectivity index (χ0v) is 16.1. The second-order valence-electron chi connectivity index (χ2n) is 6.67. The van der Waals surface area contributed by atoms with Gasteiger partial charge in [-0.2, -0.15) is 5.26 Å². The van der Waals surface area contributed by atoms with Crippen LogP contribution in [0.3, 0.4) is 0 Å². The standard InChI is InChI=1S/C20H19ClN4O3/c1-28-20(27)14-6-8-15(9-7-14)23-19(26)16-10-17(24-25-18(16)21)13-4-2-12(11-22)3-5-13/h2-5,10,14-15H,6-9H2,1H3,(H,23,26)/t14-,15-. The zero-order chi connectivity index (χ0) is 20.1. The van der Waals surface area contributed by atoms with Crippen molar-refractivity contribution >= 4 is 23.5 Å². The average Bonchev–Trinajstić information content (AvgIpc) is 2.74. The van der Waals surface area contributed by atoms with Crippen molar-refractivity contribution in [1.29, 1.82) is 5.26 Å². The Balaban J connectivity index is 1.70. The molecule has 0 spiro atoms. The summed E-state index contributed by atoms with van der Waals surface area (Å²) in [4.78, 5) is 24.3. The van der Waals surface area contributed by atoms with E-state index in [1.807, 2.05) is 0 Å². The summed E-state index contributed by atoms with van der Waals surface area (Å²) in [5, 5.41) is 19.8. The van der Waals surface area contributed by atoms with Gasteiger partial charge in [0.2, 0.25) is 0 Å². The van der Waals surface area contributed by atoms with E-state index in [1.165, 1.54) is 7.11 Å². The van der Waals surface area contributed by atoms with Gasteiger partial charge in [0.1, 0.15) is 0 Å². The third-order valence-corrected chi connectivity index (χ3v) is 5.18. The van der Waals surface area contributed by atoms with Gasteiger partial charge >= 0.3 is 5.97 Å². The van der Waals surface area contributed by atoms with Crippen LogP contribution in [0, 0.1) is 17.2 Å². The van der Waals surface area contributed by atoms with Crippen molar-refractivity contribution in [1.82, 2.24) is 15.5 Å². The van der Waals surface area contributed by atoms with Gasteiger partial charge in [0.05, 0.1) is 35.9 Å². The Morgan fingerprint density at radius 3 is 2.46 bits per heavy atom. The molecule has 1 saturated carbocycles. The van der Waals surface area contributed by atoms with Crippen LogP contribution in [0.1, 0.15) is 41.6 Å². The molecule has 0 unspecified atom stereocenters. The Kier molecular flexibility index (Phi) is 6.22. The van der Waals surface area contributed by atoms with Crippen molar-refractivity contribution in [3.05, 3.63) is 46.6 Å². The molecule has 3 rings (SSSR count). The second-order valence-corrected chi connectivity index (χ2v) is 7.03. The summed E-state index contributed by atoms with van der Waals surface area (Å²) in [6, 6.07) is 10.4. The maximum absolute atomic E-state index is 12.7. The highest BCUT2D eigenvalue weighted by Crippen LogP contribution is 2.26. The summed E-state index contributed by atoms with van der Waals surface area (Å²) >= 11 is 6.09. The number of nitriles is 1. The van der Waals surface area contributed by atoms with Gasteiger partial charge in [-0.15, -0.1) is 10.2 Å². The van der Waals surface area contributed by atoms with Crippen LogP contribution in [0.25, 0.3) is 11.3 Å². The molecule has 1 fully saturated rings. The van der Waals surface area contributed by atoms with Crippen LogP contribution in [0.5, 0.6) is 0 Å². The van der Waals surface area contributed by atoms with Crippen LogP contribution in [-0.4, -0.2) is 35.2 Å². The number of esters is 1. The zero-order valence-electron chi connectivity index (χ0n) is 15.3. The van der Waals surface area contributed by atoms with Gasteiger partial charge in [-0.1, -0.05) is 23.7 Å². The van der Waals surface area contributed by atoms with Crippen LogP contribution < -0.4 is 5.32 Å². The molecule has 0 bridgehead atoms. The lowest BCUT2D eigenvalue weighted by Gasteiger charge is -2.27. The van der Waals surface area contributed by atoms with Gasteiger partial charge in [-0.25, -0.2) is 0 Å². The maximum Gasteiger partial charge on any atom is 0.308 e. The molecule has 2 aromatic rings. The van der Waals surface area contributed by atoms with Crippen molar-refractivity contribution in [3.8, 4) is 17.3 Å². The summed E-state index contributed by atoms with van der Waals surface area (Å²) in [5.41, 5.74) is 2.00. The largest absolute Gasteiger partial charge is 0.469 e. The van der Waals surface area contributed by atoms with Crippen molar-refractivity contribution < 1.29 is 14.3 Å². The molecule has 144 valence electrons. The molecule has 1 amide bonds. The van der Waals surface area contributed by atoms with Crippen LogP contribution in [0.2, 0.25) is 5.15 Å². The Bertz CT molecular complexity index is 916. The lowest BCUT2D eigenvalue weighted by atomic mass is 9.86. The highest BCUT2D eigenvalue weighted by molar-refractivity contribution is 6.32. The molecule has 0 atom stereocenters. The molecule has 1 aliphatic carbocycles. The number of rotatable bonds is 4. The van der Waals surface area contributed by atoms with Crippen LogP contribution in [0.15, 0.2) is 30.3 Å². The van der Waals surface area contributed by atoms with Gasteiger partial charge in [0, 0.05) is 11.6 Å². The molecule has 0 radical (unpaired) electrons. The minimum atomic E-state index is -0.323. The number of methoxy groups -OCH3 is 1. The van der Waals surface area contributed by atoms with Gasteiger partial charge in [0.25, 0.3) is 5.91 Å². The molecule has 7 nitrogen and oxygen atoms in total. The quantitative estimate of drug-likeness (QED) is 0.793. The van der Waals surface area contributed by atoms with Gasteiger partial charge in [0.15, 0.2) is 5.15 Å². The molecule has 1 aromatic carbocycles. The van der Waals surface area contributed by atoms with Gasteiger partial charge < -0.3 is 10.1 Å². The first-order valence-corrected chi connectivity index (χ1v) is 9.32. The third kappa shape index (κ3) is 4.46. The minimum Gasteiger partial charge on any atom is -0.469 e. The Hall–Kier alpha value is -2.98. The van der Waals surface area contributed by atoms with E-state index in [-0.39, 0.29) is 34.6 Å². The van der Waals surface area contributed by atoms with Crippen molar-refractivity contribution in [3.63, 3.8) is 0 Å². The lowest BCUT2D eigenvalue weighted by molar-refractivity contribution is -0.146. The van der Waals surface area contributed by atoms with E-state index in [2.05, 4.69) is 21.6 Å². The number of aromatic nitrogens is 2. The first-order valence-electron chi connectivity index (χ1n) is 8.94. The highest BCUT2D eigenvalue weighted by atomic mass is 35.5. The van der Waals surface area contributed by atoms with E-state index >= 15 is 0 Å². The number of benzene rings is 1.